The third-order valence-corrected chi connectivity index (χ3v) is 3.66. The molecular weight excluding hydrogens is 236 g/mol. The number of amides is 1. The van der Waals surface area contributed by atoms with Crippen LogP contribution >= 0.6 is 12.8 Å². The number of likely N-dealkylation sites (tertiary alicyclic amines) is 1. The number of fused-ring (bicyclic) bond motifs is 2. The SMILES string of the molecule is O=C(Oc1ccccc1)N1C2CC1CN(S)C2. The molecule has 0 spiro atoms. The number of nitrogens with zero attached hydrogens (tertiary/aromatic N) is 2. The molecule has 2 unspecified atom stereocenters. The Balaban J connectivity index is 1.65. The number of piperazine rings is 1. The highest BCUT2D eigenvalue weighted by atomic mass is 32.1. The van der Waals surface area contributed by atoms with E-state index in [4.69, 9.17) is 4.74 Å². The molecule has 2 saturated heterocycles. The molecule has 2 aliphatic rings. The molecule has 0 aliphatic carbocycles. The van der Waals surface area contributed by atoms with Crippen LogP contribution in [-0.2, 0) is 0 Å². The molecule has 2 atom stereocenters. The number of piperidine rings is 1. The number of hydrogen-bond acceptors (Lipinski definition) is 4. The minimum atomic E-state index is -0.237. The van der Waals surface area contributed by atoms with E-state index in [1.54, 1.807) is 12.1 Å². The first-order valence-electron chi connectivity index (χ1n) is 5.73. The number of thiol groups is 1. The van der Waals surface area contributed by atoms with Crippen molar-refractivity contribution in [3.8, 4) is 5.75 Å². The van der Waals surface area contributed by atoms with Gasteiger partial charge < -0.3 is 4.74 Å². The van der Waals surface area contributed by atoms with Crippen LogP contribution in [0.2, 0.25) is 0 Å². The summed E-state index contributed by atoms with van der Waals surface area (Å²) in [7, 11) is 0. The molecule has 2 bridgehead atoms. The van der Waals surface area contributed by atoms with Crippen molar-refractivity contribution >= 4 is 18.9 Å². The number of carbonyl (C=O) groups excluding carboxylic acids is 1. The number of hydrogen-bond donors (Lipinski definition) is 1. The van der Waals surface area contributed by atoms with E-state index < -0.39 is 0 Å². The predicted octanol–water partition coefficient (Wildman–Crippen LogP) is 1.79. The van der Waals surface area contributed by atoms with Crippen molar-refractivity contribution in [2.75, 3.05) is 13.1 Å². The maximum atomic E-state index is 12.0. The Bertz CT molecular complexity index is 414. The Morgan fingerprint density at radius 2 is 1.88 bits per heavy atom. The lowest BCUT2D eigenvalue weighted by Crippen LogP contribution is -2.69. The molecule has 0 aromatic heterocycles. The first-order valence-corrected chi connectivity index (χ1v) is 6.13. The average Bonchev–Trinajstić information content (AvgIpc) is 2.29. The monoisotopic (exact) mass is 250 g/mol. The summed E-state index contributed by atoms with van der Waals surface area (Å²) in [5, 5.41) is 0. The van der Waals surface area contributed by atoms with Crippen molar-refractivity contribution in [1.82, 2.24) is 9.21 Å². The molecule has 3 rings (SSSR count). The first kappa shape index (κ1) is 10.9. The molecule has 17 heavy (non-hydrogen) atoms. The summed E-state index contributed by atoms with van der Waals surface area (Å²) >= 11 is 4.31. The van der Waals surface area contributed by atoms with Crippen molar-refractivity contribution in [3.05, 3.63) is 30.3 Å². The van der Waals surface area contributed by atoms with Crippen LogP contribution in [0.15, 0.2) is 30.3 Å². The van der Waals surface area contributed by atoms with Gasteiger partial charge in [-0.3, -0.25) is 4.90 Å². The largest absolute Gasteiger partial charge is 0.415 e. The molecule has 2 fully saturated rings. The van der Waals surface area contributed by atoms with E-state index in [2.05, 4.69) is 12.8 Å². The van der Waals surface area contributed by atoms with Crippen molar-refractivity contribution in [3.63, 3.8) is 0 Å². The van der Waals surface area contributed by atoms with Gasteiger partial charge in [-0.1, -0.05) is 31.0 Å². The lowest BCUT2D eigenvalue weighted by Gasteiger charge is -2.54. The van der Waals surface area contributed by atoms with Crippen LogP contribution in [0.1, 0.15) is 6.42 Å². The van der Waals surface area contributed by atoms with Gasteiger partial charge in [-0.2, -0.15) is 0 Å². The van der Waals surface area contributed by atoms with E-state index in [1.165, 1.54) is 0 Å². The fraction of sp³-hybridized carbons (Fsp3) is 0.417. The van der Waals surface area contributed by atoms with E-state index in [1.807, 2.05) is 27.4 Å². The summed E-state index contributed by atoms with van der Waals surface area (Å²) in [5.41, 5.74) is 0. The molecule has 2 heterocycles. The van der Waals surface area contributed by atoms with E-state index in [-0.39, 0.29) is 18.2 Å². The molecule has 2 aliphatic heterocycles. The lowest BCUT2D eigenvalue weighted by molar-refractivity contribution is -0.0193. The van der Waals surface area contributed by atoms with E-state index in [0.29, 0.717) is 5.75 Å². The summed E-state index contributed by atoms with van der Waals surface area (Å²) in [6.45, 7) is 1.65. The fourth-order valence-corrected chi connectivity index (χ4v) is 2.90. The number of rotatable bonds is 1. The van der Waals surface area contributed by atoms with Gasteiger partial charge in [0.1, 0.15) is 5.75 Å². The Hall–Kier alpha value is -1.20. The summed E-state index contributed by atoms with van der Waals surface area (Å²) in [6.07, 6.45) is 0.833. The normalized spacial score (nSPS) is 27.5. The van der Waals surface area contributed by atoms with Gasteiger partial charge in [0.05, 0.1) is 12.1 Å². The molecule has 90 valence electrons. The van der Waals surface area contributed by atoms with Crippen LogP contribution in [0.4, 0.5) is 4.79 Å². The molecule has 1 aromatic carbocycles. The zero-order valence-electron chi connectivity index (χ0n) is 9.32. The van der Waals surface area contributed by atoms with Gasteiger partial charge in [0.25, 0.3) is 0 Å². The smallest absolute Gasteiger partial charge is 0.410 e. The molecule has 5 heteroatoms. The van der Waals surface area contributed by atoms with Crippen LogP contribution in [-0.4, -0.2) is 40.5 Å². The van der Waals surface area contributed by atoms with Gasteiger partial charge in [0.15, 0.2) is 0 Å². The van der Waals surface area contributed by atoms with Crippen molar-refractivity contribution in [2.24, 2.45) is 0 Å². The van der Waals surface area contributed by atoms with E-state index in [0.717, 1.165) is 19.5 Å². The topological polar surface area (TPSA) is 32.8 Å². The van der Waals surface area contributed by atoms with Gasteiger partial charge in [-0.05, 0) is 18.6 Å². The van der Waals surface area contributed by atoms with Crippen molar-refractivity contribution in [1.29, 1.82) is 0 Å². The summed E-state index contributed by atoms with van der Waals surface area (Å²) < 4.78 is 7.30. The summed E-state index contributed by atoms with van der Waals surface area (Å²) in [5.74, 6) is 0.602. The van der Waals surface area contributed by atoms with E-state index in [9.17, 15) is 4.79 Å². The third kappa shape index (κ3) is 2.00. The van der Waals surface area contributed by atoms with Gasteiger partial charge in [-0.15, -0.1) is 0 Å². The molecule has 4 nitrogen and oxygen atoms in total. The second-order valence-electron chi connectivity index (χ2n) is 4.50. The zero-order valence-corrected chi connectivity index (χ0v) is 10.2. The third-order valence-electron chi connectivity index (χ3n) is 3.33. The van der Waals surface area contributed by atoms with E-state index >= 15 is 0 Å². The fourth-order valence-electron chi connectivity index (χ4n) is 2.53. The minimum Gasteiger partial charge on any atom is -0.410 e. The zero-order chi connectivity index (χ0) is 11.8. The highest BCUT2D eigenvalue weighted by Crippen LogP contribution is 2.33. The number of carbonyl (C=O) groups is 1. The minimum absolute atomic E-state index is 0.237. The molecule has 1 amide bonds. The lowest BCUT2D eigenvalue weighted by atomic mass is 9.89. The molecule has 0 N–H and O–H groups in total. The van der Waals surface area contributed by atoms with Crippen molar-refractivity contribution in [2.45, 2.75) is 18.5 Å². The number of ether oxygens (including phenoxy) is 1. The second-order valence-corrected chi connectivity index (χ2v) is 5.07. The van der Waals surface area contributed by atoms with Gasteiger partial charge >= 0.3 is 6.09 Å². The van der Waals surface area contributed by atoms with Crippen LogP contribution in [0.5, 0.6) is 5.75 Å². The average molecular weight is 250 g/mol. The predicted molar refractivity (Wildman–Crippen MR) is 67.1 cm³/mol. The molecule has 0 saturated carbocycles. The van der Waals surface area contributed by atoms with Crippen LogP contribution in [0, 0.1) is 0 Å². The first-order chi connectivity index (χ1) is 8.24. The Morgan fingerprint density at radius 3 is 2.53 bits per heavy atom. The van der Waals surface area contributed by atoms with Crippen LogP contribution in [0.3, 0.4) is 0 Å². The summed E-state index contributed by atoms with van der Waals surface area (Å²) in [6, 6.07) is 9.72. The Kier molecular flexibility index (Phi) is 2.72. The Morgan fingerprint density at radius 1 is 1.24 bits per heavy atom. The standard InChI is InChI=1S/C12H14N2O2S/c15-12(16-11-4-2-1-3-5-11)14-9-6-10(14)8-13(17)7-9/h1-5,9-10,17H,6-8H2. The molecule has 1 aromatic rings. The highest BCUT2D eigenvalue weighted by molar-refractivity contribution is 7.77. The van der Waals surface area contributed by atoms with Crippen molar-refractivity contribution < 1.29 is 9.53 Å². The number of para-hydroxylation sites is 1. The van der Waals surface area contributed by atoms with Crippen LogP contribution in [0.25, 0.3) is 0 Å². The Labute approximate surface area is 106 Å². The van der Waals surface area contributed by atoms with Gasteiger partial charge in [-0.25, -0.2) is 9.10 Å². The maximum Gasteiger partial charge on any atom is 0.415 e. The van der Waals surface area contributed by atoms with Gasteiger partial charge in [0.2, 0.25) is 0 Å². The van der Waals surface area contributed by atoms with Crippen LogP contribution < -0.4 is 4.74 Å². The highest BCUT2D eigenvalue weighted by Gasteiger charge is 2.47. The molecule has 0 radical (unpaired) electrons. The quantitative estimate of drug-likeness (QED) is 0.771. The second kappa shape index (κ2) is 4.23. The van der Waals surface area contributed by atoms with Gasteiger partial charge in [0, 0.05) is 13.1 Å². The maximum absolute atomic E-state index is 12.0. The summed E-state index contributed by atoms with van der Waals surface area (Å²) in [4.78, 5) is 13.8. The molecular formula is C12H14N2O2S. The number of benzene rings is 1.